The molecule has 19 heavy (non-hydrogen) atoms. The summed E-state index contributed by atoms with van der Waals surface area (Å²) in [5, 5.41) is 10.5. The van der Waals surface area contributed by atoms with Gasteiger partial charge in [-0.3, -0.25) is 0 Å². The van der Waals surface area contributed by atoms with Gasteiger partial charge in [0.05, 0.1) is 25.1 Å². The lowest BCUT2D eigenvalue weighted by atomic mass is 10.1. The molecule has 0 saturated carbocycles. The summed E-state index contributed by atoms with van der Waals surface area (Å²) in [6.45, 7) is 1.70. The molecule has 2 heterocycles. The molecule has 104 valence electrons. The number of methoxy groups -OCH3 is 1. The number of aliphatic hydroxyl groups excluding tert-OH is 1. The number of nitrogens with zero attached hydrogens (tertiary/aromatic N) is 3. The summed E-state index contributed by atoms with van der Waals surface area (Å²) in [6.07, 6.45) is 5.16. The average Bonchev–Trinajstić information content (AvgIpc) is 2.46. The van der Waals surface area contributed by atoms with Crippen LogP contribution in [-0.4, -0.2) is 52.7 Å². The van der Waals surface area contributed by atoms with E-state index in [1.165, 1.54) is 0 Å². The number of hydrogen-bond acceptors (Lipinski definition) is 5. The van der Waals surface area contributed by atoms with Crippen LogP contribution in [-0.2, 0) is 0 Å². The molecule has 1 aliphatic rings. The van der Waals surface area contributed by atoms with Gasteiger partial charge in [0.15, 0.2) is 5.17 Å². The molecule has 1 N–H and O–H groups in total. The van der Waals surface area contributed by atoms with Crippen molar-refractivity contribution in [2.45, 2.75) is 18.9 Å². The highest BCUT2D eigenvalue weighted by Gasteiger charge is 2.19. The van der Waals surface area contributed by atoms with Crippen molar-refractivity contribution in [1.82, 2.24) is 9.88 Å². The molecule has 1 aliphatic heterocycles. The second-order valence-electron chi connectivity index (χ2n) is 4.38. The second kappa shape index (κ2) is 6.77. The van der Waals surface area contributed by atoms with Crippen molar-refractivity contribution in [3.05, 3.63) is 18.3 Å². The molecule has 0 bridgehead atoms. The minimum Gasteiger partial charge on any atom is -0.481 e. The summed E-state index contributed by atoms with van der Waals surface area (Å²) >= 11 is 1.62. The fourth-order valence-electron chi connectivity index (χ4n) is 1.97. The number of likely N-dealkylation sites (tertiary alicyclic amines) is 1. The van der Waals surface area contributed by atoms with Crippen LogP contribution in [0.2, 0.25) is 0 Å². The topological polar surface area (TPSA) is 58.0 Å². The van der Waals surface area contributed by atoms with Crippen molar-refractivity contribution < 1.29 is 9.84 Å². The van der Waals surface area contributed by atoms with Gasteiger partial charge in [-0.25, -0.2) is 9.98 Å². The standard InChI is InChI=1S/C13H19N3O2S/c1-18-12-4-3-10(9-14-12)15-13(19-2)16-7-5-11(17)6-8-16/h3-4,9,11,17H,5-8H2,1-2H3. The molecular formula is C13H19N3O2S. The van der Waals surface area contributed by atoms with Crippen LogP contribution in [0.15, 0.2) is 23.3 Å². The Labute approximate surface area is 117 Å². The Balaban J connectivity index is 2.09. The minimum absolute atomic E-state index is 0.165. The van der Waals surface area contributed by atoms with Crippen LogP contribution in [0.3, 0.4) is 0 Å². The number of piperidine rings is 1. The van der Waals surface area contributed by atoms with E-state index in [-0.39, 0.29) is 6.10 Å². The van der Waals surface area contributed by atoms with Crippen LogP contribution in [0.5, 0.6) is 5.88 Å². The smallest absolute Gasteiger partial charge is 0.213 e. The maximum atomic E-state index is 9.53. The molecule has 0 amide bonds. The zero-order valence-corrected chi connectivity index (χ0v) is 12.1. The highest BCUT2D eigenvalue weighted by molar-refractivity contribution is 8.13. The van der Waals surface area contributed by atoms with Crippen LogP contribution >= 0.6 is 11.8 Å². The fourth-order valence-corrected chi connectivity index (χ4v) is 2.61. The van der Waals surface area contributed by atoms with Crippen LogP contribution in [0.25, 0.3) is 0 Å². The number of ether oxygens (including phenoxy) is 1. The van der Waals surface area contributed by atoms with Crippen molar-refractivity contribution in [3.8, 4) is 5.88 Å². The molecule has 0 unspecified atom stereocenters. The summed E-state index contributed by atoms with van der Waals surface area (Å²) < 4.78 is 5.03. The Bertz CT molecular complexity index is 428. The summed E-state index contributed by atoms with van der Waals surface area (Å²) in [5.74, 6) is 0.589. The highest BCUT2D eigenvalue weighted by atomic mass is 32.2. The first-order valence-electron chi connectivity index (χ1n) is 6.28. The first-order valence-corrected chi connectivity index (χ1v) is 7.51. The SMILES string of the molecule is COc1ccc(N=C(SC)N2CCC(O)CC2)cn1. The zero-order valence-electron chi connectivity index (χ0n) is 11.2. The van der Waals surface area contributed by atoms with Gasteiger partial charge < -0.3 is 14.7 Å². The van der Waals surface area contributed by atoms with E-state index in [4.69, 9.17) is 4.74 Å². The third-order valence-electron chi connectivity index (χ3n) is 3.07. The van der Waals surface area contributed by atoms with Gasteiger partial charge in [0.1, 0.15) is 0 Å². The Kier molecular flexibility index (Phi) is 5.04. The van der Waals surface area contributed by atoms with E-state index in [0.29, 0.717) is 5.88 Å². The van der Waals surface area contributed by atoms with Gasteiger partial charge in [0.25, 0.3) is 0 Å². The molecule has 0 aliphatic carbocycles. The number of aromatic nitrogens is 1. The molecule has 5 nitrogen and oxygen atoms in total. The number of thioether (sulfide) groups is 1. The largest absolute Gasteiger partial charge is 0.481 e. The molecule has 6 heteroatoms. The van der Waals surface area contributed by atoms with Crippen molar-refractivity contribution in [3.63, 3.8) is 0 Å². The number of aliphatic imine (C=N–C) groups is 1. The number of hydrogen-bond donors (Lipinski definition) is 1. The molecule has 0 atom stereocenters. The monoisotopic (exact) mass is 281 g/mol. The number of amidine groups is 1. The molecule has 1 aromatic rings. The van der Waals surface area contributed by atoms with Gasteiger partial charge in [-0.1, -0.05) is 11.8 Å². The summed E-state index contributed by atoms with van der Waals surface area (Å²) in [5.41, 5.74) is 0.816. The van der Waals surface area contributed by atoms with E-state index in [1.807, 2.05) is 12.3 Å². The Hall–Kier alpha value is -1.27. The maximum Gasteiger partial charge on any atom is 0.213 e. The van der Waals surface area contributed by atoms with Crippen LogP contribution < -0.4 is 4.74 Å². The highest BCUT2D eigenvalue weighted by Crippen LogP contribution is 2.20. The van der Waals surface area contributed by atoms with E-state index in [1.54, 1.807) is 31.1 Å². The average molecular weight is 281 g/mol. The first-order chi connectivity index (χ1) is 9.22. The molecular weight excluding hydrogens is 262 g/mol. The maximum absolute atomic E-state index is 9.53. The van der Waals surface area contributed by atoms with Crippen LogP contribution in [0, 0.1) is 0 Å². The van der Waals surface area contributed by atoms with Gasteiger partial charge >= 0.3 is 0 Å². The molecule has 0 aromatic carbocycles. The van der Waals surface area contributed by atoms with Crippen molar-refractivity contribution in [2.75, 3.05) is 26.5 Å². The van der Waals surface area contributed by atoms with E-state index in [9.17, 15) is 5.11 Å². The first kappa shape index (κ1) is 14.1. The number of rotatable bonds is 2. The van der Waals surface area contributed by atoms with E-state index in [0.717, 1.165) is 36.8 Å². The Morgan fingerprint density at radius 3 is 2.74 bits per heavy atom. The van der Waals surface area contributed by atoms with Crippen LogP contribution in [0.4, 0.5) is 5.69 Å². The summed E-state index contributed by atoms with van der Waals surface area (Å²) in [7, 11) is 1.59. The zero-order chi connectivity index (χ0) is 13.7. The van der Waals surface area contributed by atoms with Crippen LogP contribution in [0.1, 0.15) is 12.8 Å². The number of aliphatic hydroxyl groups is 1. The third kappa shape index (κ3) is 3.84. The van der Waals surface area contributed by atoms with Gasteiger partial charge in [-0.15, -0.1) is 0 Å². The van der Waals surface area contributed by atoms with Gasteiger partial charge in [0, 0.05) is 19.2 Å². The van der Waals surface area contributed by atoms with E-state index >= 15 is 0 Å². The predicted molar refractivity (Wildman–Crippen MR) is 78.2 cm³/mol. The third-order valence-corrected chi connectivity index (χ3v) is 3.79. The molecule has 1 saturated heterocycles. The van der Waals surface area contributed by atoms with E-state index in [2.05, 4.69) is 14.9 Å². The van der Waals surface area contributed by atoms with Gasteiger partial charge in [-0.2, -0.15) is 0 Å². The van der Waals surface area contributed by atoms with Crippen molar-refractivity contribution in [1.29, 1.82) is 0 Å². The molecule has 1 aromatic heterocycles. The molecule has 0 radical (unpaired) electrons. The lowest BCUT2D eigenvalue weighted by Gasteiger charge is -2.31. The van der Waals surface area contributed by atoms with E-state index < -0.39 is 0 Å². The predicted octanol–water partition coefficient (Wildman–Crippen LogP) is 1.90. The molecule has 1 fully saturated rings. The summed E-state index contributed by atoms with van der Waals surface area (Å²) in [6, 6.07) is 3.69. The number of pyridine rings is 1. The van der Waals surface area contributed by atoms with Crippen molar-refractivity contribution >= 4 is 22.6 Å². The van der Waals surface area contributed by atoms with Crippen molar-refractivity contribution in [2.24, 2.45) is 4.99 Å². The Morgan fingerprint density at radius 2 is 2.21 bits per heavy atom. The lowest BCUT2D eigenvalue weighted by Crippen LogP contribution is -2.38. The lowest BCUT2D eigenvalue weighted by molar-refractivity contribution is 0.110. The quantitative estimate of drug-likeness (QED) is 0.663. The Morgan fingerprint density at radius 1 is 1.47 bits per heavy atom. The normalized spacial score (nSPS) is 17.6. The second-order valence-corrected chi connectivity index (χ2v) is 5.15. The fraction of sp³-hybridized carbons (Fsp3) is 0.538. The molecule has 0 spiro atoms. The minimum atomic E-state index is -0.165. The van der Waals surface area contributed by atoms with Gasteiger partial charge in [0.2, 0.25) is 5.88 Å². The molecule has 2 rings (SSSR count). The van der Waals surface area contributed by atoms with Gasteiger partial charge in [-0.05, 0) is 25.2 Å². The summed E-state index contributed by atoms with van der Waals surface area (Å²) in [4.78, 5) is 11.0.